The number of rotatable bonds is 5. The first-order valence-corrected chi connectivity index (χ1v) is 17.6. The van der Waals surface area contributed by atoms with Crippen LogP contribution in [0.25, 0.3) is 93.5 Å². The van der Waals surface area contributed by atoms with Crippen molar-refractivity contribution in [1.29, 1.82) is 0 Å². The summed E-state index contributed by atoms with van der Waals surface area (Å²) in [5.74, 6) is 0. The van der Waals surface area contributed by atoms with Gasteiger partial charge in [-0.3, -0.25) is 0 Å². The molecule has 0 unspecified atom stereocenters. The van der Waals surface area contributed by atoms with Gasteiger partial charge in [0.1, 0.15) is 0 Å². The van der Waals surface area contributed by atoms with E-state index in [1.165, 1.54) is 87.9 Å². The van der Waals surface area contributed by atoms with Crippen molar-refractivity contribution < 1.29 is 0 Å². The Kier molecular flexibility index (Phi) is 6.89. The number of nitrogens with zero attached hydrogens (tertiary/aromatic N) is 1. The maximum Gasteiger partial charge on any atom is 0.0541 e. The summed E-state index contributed by atoms with van der Waals surface area (Å²) < 4.78 is 2.46. The molecule has 0 aliphatic rings. The quantitative estimate of drug-likeness (QED) is 0.175. The summed E-state index contributed by atoms with van der Waals surface area (Å²) in [5.41, 5.74) is 13.3. The largest absolute Gasteiger partial charge is 0.309 e. The lowest BCUT2D eigenvalue weighted by Crippen LogP contribution is -1.96. The molecule has 51 heavy (non-hydrogen) atoms. The lowest BCUT2D eigenvalue weighted by molar-refractivity contribution is 1.18. The Bertz CT molecular complexity index is 2690. The van der Waals surface area contributed by atoms with Crippen LogP contribution < -0.4 is 0 Å². The molecule has 238 valence electrons. The molecule has 0 bridgehead atoms. The molecular formula is C50H33N. The zero-order valence-electron chi connectivity index (χ0n) is 28.0. The Morgan fingerprint density at radius 1 is 0.255 bits per heavy atom. The molecule has 0 saturated heterocycles. The van der Waals surface area contributed by atoms with E-state index in [9.17, 15) is 0 Å². The van der Waals surface area contributed by atoms with Crippen LogP contribution in [0.2, 0.25) is 0 Å². The van der Waals surface area contributed by atoms with E-state index in [1.807, 2.05) is 0 Å². The van der Waals surface area contributed by atoms with E-state index >= 15 is 0 Å². The highest BCUT2D eigenvalue weighted by atomic mass is 15.0. The molecule has 0 aliphatic carbocycles. The van der Waals surface area contributed by atoms with Gasteiger partial charge < -0.3 is 4.57 Å². The topological polar surface area (TPSA) is 4.93 Å². The fourth-order valence-corrected chi connectivity index (χ4v) is 7.93. The molecule has 0 amide bonds. The second-order valence-corrected chi connectivity index (χ2v) is 13.4. The first-order chi connectivity index (χ1) is 25.3. The summed E-state index contributed by atoms with van der Waals surface area (Å²) in [5, 5.41) is 7.52. The van der Waals surface area contributed by atoms with Gasteiger partial charge in [0.15, 0.2) is 0 Å². The summed E-state index contributed by atoms with van der Waals surface area (Å²) in [4.78, 5) is 0. The van der Waals surface area contributed by atoms with E-state index in [2.05, 4.69) is 205 Å². The summed E-state index contributed by atoms with van der Waals surface area (Å²) in [6.07, 6.45) is 0. The maximum atomic E-state index is 2.46. The zero-order chi connectivity index (χ0) is 33.7. The van der Waals surface area contributed by atoms with Crippen LogP contribution >= 0.6 is 0 Å². The van der Waals surface area contributed by atoms with Gasteiger partial charge in [-0.25, -0.2) is 0 Å². The zero-order valence-corrected chi connectivity index (χ0v) is 28.0. The maximum absolute atomic E-state index is 2.46. The number of hydrogen-bond acceptors (Lipinski definition) is 0. The van der Waals surface area contributed by atoms with Crippen molar-refractivity contribution in [3.05, 3.63) is 200 Å². The minimum absolute atomic E-state index is 1.14. The molecule has 0 spiro atoms. The predicted octanol–water partition coefficient (Wildman–Crippen LogP) is 13.8. The molecule has 10 rings (SSSR count). The van der Waals surface area contributed by atoms with Crippen molar-refractivity contribution in [3.8, 4) is 50.2 Å². The third-order valence-corrected chi connectivity index (χ3v) is 10.4. The molecule has 0 atom stereocenters. The molecule has 0 fully saturated rings. The van der Waals surface area contributed by atoms with Crippen LogP contribution in [-0.2, 0) is 0 Å². The molecule has 0 radical (unpaired) electrons. The summed E-state index contributed by atoms with van der Waals surface area (Å²) in [7, 11) is 0. The van der Waals surface area contributed by atoms with Gasteiger partial charge in [0.25, 0.3) is 0 Å². The highest BCUT2D eigenvalue weighted by Gasteiger charge is 2.17. The van der Waals surface area contributed by atoms with Crippen LogP contribution in [0, 0.1) is 0 Å². The SMILES string of the molecule is c1ccc(-c2cc(-c3ccccc3)cc(-n3c4ccc(-c5cccc6ccccc56)cc4c4cc(-c5cccc6ccccc56)ccc43)c2)cc1. The predicted molar refractivity (Wildman–Crippen MR) is 218 cm³/mol. The molecule has 1 heteroatoms. The molecule has 9 aromatic carbocycles. The molecule has 0 aliphatic heterocycles. The third-order valence-electron chi connectivity index (χ3n) is 10.4. The lowest BCUT2D eigenvalue weighted by atomic mass is 9.95. The van der Waals surface area contributed by atoms with Gasteiger partial charge >= 0.3 is 0 Å². The minimum atomic E-state index is 1.14. The van der Waals surface area contributed by atoms with Crippen LogP contribution in [0.3, 0.4) is 0 Å². The fourth-order valence-electron chi connectivity index (χ4n) is 7.93. The van der Waals surface area contributed by atoms with Crippen molar-refractivity contribution in [2.75, 3.05) is 0 Å². The van der Waals surface area contributed by atoms with E-state index in [0.717, 1.165) is 5.69 Å². The third kappa shape index (κ3) is 5.02. The lowest BCUT2D eigenvalue weighted by Gasteiger charge is -2.14. The van der Waals surface area contributed by atoms with Gasteiger partial charge in [-0.1, -0.05) is 158 Å². The van der Waals surface area contributed by atoms with Gasteiger partial charge in [-0.2, -0.15) is 0 Å². The molecule has 1 aromatic heterocycles. The van der Waals surface area contributed by atoms with Gasteiger partial charge in [0.2, 0.25) is 0 Å². The van der Waals surface area contributed by atoms with Gasteiger partial charge in [0.05, 0.1) is 11.0 Å². The van der Waals surface area contributed by atoms with Gasteiger partial charge in [0, 0.05) is 16.5 Å². The van der Waals surface area contributed by atoms with Crippen LogP contribution in [0.15, 0.2) is 200 Å². The number of hydrogen-bond donors (Lipinski definition) is 0. The van der Waals surface area contributed by atoms with Crippen molar-refractivity contribution in [2.24, 2.45) is 0 Å². The Morgan fingerprint density at radius 2 is 0.686 bits per heavy atom. The first-order valence-electron chi connectivity index (χ1n) is 17.6. The Balaban J connectivity index is 1.27. The van der Waals surface area contributed by atoms with Crippen LogP contribution in [0.4, 0.5) is 0 Å². The highest BCUT2D eigenvalue weighted by Crippen LogP contribution is 2.41. The monoisotopic (exact) mass is 647 g/mol. The normalized spacial score (nSPS) is 11.5. The van der Waals surface area contributed by atoms with Crippen molar-refractivity contribution in [1.82, 2.24) is 4.57 Å². The van der Waals surface area contributed by atoms with E-state index in [4.69, 9.17) is 0 Å². The minimum Gasteiger partial charge on any atom is -0.309 e. The number of aromatic nitrogens is 1. The highest BCUT2D eigenvalue weighted by molar-refractivity contribution is 6.13. The molecule has 0 saturated carbocycles. The van der Waals surface area contributed by atoms with Crippen LogP contribution in [-0.4, -0.2) is 4.57 Å². The Labute approximate surface area is 297 Å². The molecule has 1 nitrogen and oxygen atoms in total. The van der Waals surface area contributed by atoms with E-state index in [1.54, 1.807) is 0 Å². The smallest absolute Gasteiger partial charge is 0.0541 e. The average molecular weight is 648 g/mol. The number of fused-ring (bicyclic) bond motifs is 5. The Morgan fingerprint density at radius 3 is 1.18 bits per heavy atom. The molecular weight excluding hydrogens is 615 g/mol. The van der Waals surface area contributed by atoms with E-state index in [0.29, 0.717) is 0 Å². The van der Waals surface area contributed by atoms with Crippen LogP contribution in [0.5, 0.6) is 0 Å². The average Bonchev–Trinajstić information content (AvgIpc) is 3.54. The summed E-state index contributed by atoms with van der Waals surface area (Å²) in [6.45, 7) is 0. The summed E-state index contributed by atoms with van der Waals surface area (Å²) in [6, 6.07) is 73.1. The summed E-state index contributed by atoms with van der Waals surface area (Å²) >= 11 is 0. The van der Waals surface area contributed by atoms with E-state index in [-0.39, 0.29) is 0 Å². The molecule has 0 N–H and O–H groups in total. The van der Waals surface area contributed by atoms with Crippen molar-refractivity contribution >= 4 is 43.4 Å². The number of benzene rings is 9. The molecule has 10 aromatic rings. The van der Waals surface area contributed by atoms with Gasteiger partial charge in [-0.15, -0.1) is 0 Å². The van der Waals surface area contributed by atoms with Gasteiger partial charge in [-0.05, 0) is 109 Å². The second-order valence-electron chi connectivity index (χ2n) is 13.4. The van der Waals surface area contributed by atoms with Crippen molar-refractivity contribution in [2.45, 2.75) is 0 Å². The second kappa shape index (κ2) is 12.0. The first kappa shape index (κ1) is 29.2. The molecule has 1 heterocycles. The fraction of sp³-hybridized carbons (Fsp3) is 0. The van der Waals surface area contributed by atoms with Crippen molar-refractivity contribution in [3.63, 3.8) is 0 Å². The Hall–Kier alpha value is -6.70. The van der Waals surface area contributed by atoms with Crippen LogP contribution in [0.1, 0.15) is 0 Å². The standard InChI is InChI=1S/C50H33N/c1-3-13-34(14-4-1)40-29-41(35-15-5-2-6-16-35)31-42(30-40)51-49-27-25-38(45-23-11-19-36-17-7-9-21-43(36)45)32-47(49)48-33-39(26-28-50(48)51)46-24-12-20-37-18-8-10-22-44(37)46/h1-33H. The van der Waals surface area contributed by atoms with E-state index < -0.39 is 0 Å².